The van der Waals surface area contributed by atoms with Crippen molar-refractivity contribution in [3.8, 4) is 0 Å². The Morgan fingerprint density at radius 1 is 1.58 bits per heavy atom. The molecule has 6 nitrogen and oxygen atoms in total. The lowest BCUT2D eigenvalue weighted by Crippen LogP contribution is -2.37. The molecule has 1 aliphatic rings. The van der Waals surface area contributed by atoms with Gasteiger partial charge in [0.15, 0.2) is 0 Å². The molecule has 0 aromatic carbocycles. The van der Waals surface area contributed by atoms with E-state index in [1.807, 2.05) is 13.8 Å². The van der Waals surface area contributed by atoms with E-state index in [2.05, 4.69) is 10.2 Å². The lowest BCUT2D eigenvalue weighted by atomic mass is 9.83. The summed E-state index contributed by atoms with van der Waals surface area (Å²) < 4.78 is 0. The lowest BCUT2D eigenvalue weighted by molar-refractivity contribution is -0.148. The highest BCUT2D eigenvalue weighted by Gasteiger charge is 2.45. The Kier molecular flexibility index (Phi) is 3.59. The summed E-state index contributed by atoms with van der Waals surface area (Å²) in [6, 6.07) is 1.68. The molecule has 1 aliphatic heterocycles. The number of carboxylic acid groups (broad SMARTS) is 1. The van der Waals surface area contributed by atoms with Crippen LogP contribution < -0.4 is 0 Å². The van der Waals surface area contributed by atoms with Crippen LogP contribution in [0.4, 0.5) is 0 Å². The molecule has 2 rings (SSSR count). The maximum Gasteiger partial charge on any atom is 0.311 e. The van der Waals surface area contributed by atoms with E-state index >= 15 is 0 Å². The molecule has 2 heterocycles. The Balaban J connectivity index is 2.13. The number of aromatic nitrogens is 2. The van der Waals surface area contributed by atoms with Crippen molar-refractivity contribution in [2.75, 3.05) is 13.1 Å². The molecule has 6 heteroatoms. The number of aryl methyl sites for hydroxylation is 1. The molecule has 0 aliphatic carbocycles. The average Bonchev–Trinajstić information content (AvgIpc) is 2.96. The number of aliphatic carboxylic acids is 1. The SMILES string of the molecule is CCCC1(C(=O)O)CCN(C(=O)c2cc(C)[nH]n2)C1. The highest BCUT2D eigenvalue weighted by Crippen LogP contribution is 2.36. The molecule has 1 atom stereocenters. The third kappa shape index (κ3) is 2.47. The van der Waals surface area contributed by atoms with Crippen molar-refractivity contribution in [3.05, 3.63) is 17.5 Å². The van der Waals surface area contributed by atoms with Gasteiger partial charge in [-0.2, -0.15) is 5.10 Å². The predicted molar refractivity (Wildman–Crippen MR) is 68.8 cm³/mol. The van der Waals surface area contributed by atoms with Gasteiger partial charge in [0.25, 0.3) is 5.91 Å². The number of carbonyl (C=O) groups excluding carboxylic acids is 1. The monoisotopic (exact) mass is 265 g/mol. The first-order valence-corrected chi connectivity index (χ1v) is 6.53. The van der Waals surface area contributed by atoms with Crippen LogP contribution >= 0.6 is 0 Å². The third-order valence-electron chi connectivity index (χ3n) is 3.75. The van der Waals surface area contributed by atoms with Gasteiger partial charge in [0, 0.05) is 18.8 Å². The standard InChI is InChI=1S/C13H19N3O3/c1-3-4-13(12(18)19)5-6-16(8-13)11(17)10-7-9(2)14-15-10/h7H,3-6,8H2,1-2H3,(H,14,15)(H,18,19). The number of hydrogen-bond acceptors (Lipinski definition) is 3. The van der Waals surface area contributed by atoms with Gasteiger partial charge in [-0.1, -0.05) is 13.3 Å². The molecule has 104 valence electrons. The Labute approximate surface area is 111 Å². The summed E-state index contributed by atoms with van der Waals surface area (Å²) in [4.78, 5) is 25.3. The Morgan fingerprint density at radius 2 is 2.32 bits per heavy atom. The first-order chi connectivity index (χ1) is 8.98. The van der Waals surface area contributed by atoms with E-state index in [1.165, 1.54) is 0 Å². The van der Waals surface area contributed by atoms with Gasteiger partial charge >= 0.3 is 5.97 Å². The molecule has 0 bridgehead atoms. The van der Waals surface area contributed by atoms with Crippen molar-refractivity contribution in [1.82, 2.24) is 15.1 Å². The van der Waals surface area contributed by atoms with Crippen molar-refractivity contribution >= 4 is 11.9 Å². The van der Waals surface area contributed by atoms with Crippen LogP contribution in [0.5, 0.6) is 0 Å². The van der Waals surface area contributed by atoms with E-state index in [4.69, 9.17) is 0 Å². The molecular formula is C13H19N3O3. The fraction of sp³-hybridized carbons (Fsp3) is 0.615. The van der Waals surface area contributed by atoms with Crippen molar-refractivity contribution < 1.29 is 14.7 Å². The smallest absolute Gasteiger partial charge is 0.311 e. The molecule has 2 N–H and O–H groups in total. The fourth-order valence-corrected chi connectivity index (χ4v) is 2.70. The van der Waals surface area contributed by atoms with Gasteiger partial charge in [-0.25, -0.2) is 0 Å². The second-order valence-electron chi connectivity index (χ2n) is 5.25. The van der Waals surface area contributed by atoms with Crippen LogP contribution in [0, 0.1) is 12.3 Å². The molecular weight excluding hydrogens is 246 g/mol. The molecule has 1 saturated heterocycles. The van der Waals surface area contributed by atoms with E-state index in [0.29, 0.717) is 25.1 Å². The van der Waals surface area contributed by atoms with Crippen LogP contribution in [-0.2, 0) is 4.79 Å². The molecule has 0 saturated carbocycles. The highest BCUT2D eigenvalue weighted by molar-refractivity contribution is 5.93. The summed E-state index contributed by atoms with van der Waals surface area (Å²) in [5.41, 5.74) is 0.395. The first kappa shape index (κ1) is 13.6. The highest BCUT2D eigenvalue weighted by atomic mass is 16.4. The minimum Gasteiger partial charge on any atom is -0.481 e. The van der Waals surface area contributed by atoms with Gasteiger partial charge in [0.05, 0.1) is 5.41 Å². The summed E-state index contributed by atoms with van der Waals surface area (Å²) in [7, 11) is 0. The van der Waals surface area contributed by atoms with Crippen LogP contribution in [0.25, 0.3) is 0 Å². The molecule has 1 aromatic heterocycles. The van der Waals surface area contributed by atoms with Gasteiger partial charge in [0.1, 0.15) is 5.69 Å². The van der Waals surface area contributed by atoms with Gasteiger partial charge in [0.2, 0.25) is 0 Å². The summed E-state index contributed by atoms with van der Waals surface area (Å²) >= 11 is 0. The number of aromatic amines is 1. The van der Waals surface area contributed by atoms with E-state index in [0.717, 1.165) is 12.1 Å². The zero-order chi connectivity index (χ0) is 14.0. The molecule has 19 heavy (non-hydrogen) atoms. The first-order valence-electron chi connectivity index (χ1n) is 6.53. The van der Waals surface area contributed by atoms with E-state index in [1.54, 1.807) is 11.0 Å². The predicted octanol–water partition coefficient (Wildman–Crippen LogP) is 1.44. The normalized spacial score (nSPS) is 22.7. The second kappa shape index (κ2) is 5.03. The molecule has 1 amide bonds. The number of H-pyrrole nitrogens is 1. The minimum absolute atomic E-state index is 0.191. The van der Waals surface area contributed by atoms with Crippen LogP contribution in [-0.4, -0.2) is 45.2 Å². The van der Waals surface area contributed by atoms with Crippen molar-refractivity contribution in [2.24, 2.45) is 5.41 Å². The third-order valence-corrected chi connectivity index (χ3v) is 3.75. The van der Waals surface area contributed by atoms with Crippen molar-refractivity contribution in [2.45, 2.75) is 33.1 Å². The average molecular weight is 265 g/mol. The number of likely N-dealkylation sites (tertiary alicyclic amines) is 1. The summed E-state index contributed by atoms with van der Waals surface area (Å²) in [6.45, 7) is 4.55. The minimum atomic E-state index is -0.803. The molecule has 0 radical (unpaired) electrons. The molecule has 1 aromatic rings. The number of rotatable bonds is 4. The van der Waals surface area contributed by atoms with Crippen LogP contribution in [0.1, 0.15) is 42.4 Å². The molecule has 0 spiro atoms. The van der Waals surface area contributed by atoms with E-state index in [9.17, 15) is 14.7 Å². The zero-order valence-corrected chi connectivity index (χ0v) is 11.3. The largest absolute Gasteiger partial charge is 0.481 e. The van der Waals surface area contributed by atoms with Crippen molar-refractivity contribution in [1.29, 1.82) is 0 Å². The topological polar surface area (TPSA) is 86.3 Å². The lowest BCUT2D eigenvalue weighted by Gasteiger charge is -2.23. The fourth-order valence-electron chi connectivity index (χ4n) is 2.70. The van der Waals surface area contributed by atoms with E-state index in [-0.39, 0.29) is 12.5 Å². The number of hydrogen-bond donors (Lipinski definition) is 2. The number of nitrogens with zero attached hydrogens (tertiary/aromatic N) is 2. The molecule has 1 fully saturated rings. The van der Waals surface area contributed by atoms with Crippen molar-refractivity contribution in [3.63, 3.8) is 0 Å². The van der Waals surface area contributed by atoms with E-state index < -0.39 is 11.4 Å². The maximum absolute atomic E-state index is 12.2. The maximum atomic E-state index is 12.2. The number of nitrogens with one attached hydrogen (secondary N) is 1. The Bertz CT molecular complexity index is 497. The summed E-state index contributed by atoms with van der Waals surface area (Å²) in [5, 5.41) is 16.1. The van der Waals surface area contributed by atoms with Crippen LogP contribution in [0.3, 0.4) is 0 Å². The Hall–Kier alpha value is -1.85. The summed E-state index contributed by atoms with van der Waals surface area (Å²) in [5.74, 6) is -0.994. The molecule has 1 unspecified atom stereocenters. The van der Waals surface area contributed by atoms with Gasteiger partial charge in [-0.15, -0.1) is 0 Å². The second-order valence-corrected chi connectivity index (χ2v) is 5.25. The number of amides is 1. The number of carbonyl (C=O) groups is 2. The van der Waals surface area contributed by atoms with Gasteiger partial charge in [-0.3, -0.25) is 14.7 Å². The Morgan fingerprint density at radius 3 is 2.84 bits per heavy atom. The van der Waals surface area contributed by atoms with Gasteiger partial charge in [-0.05, 0) is 25.8 Å². The summed E-state index contributed by atoms with van der Waals surface area (Å²) in [6.07, 6.45) is 1.92. The number of carboxylic acids is 1. The van der Waals surface area contributed by atoms with Crippen LogP contribution in [0.15, 0.2) is 6.07 Å². The zero-order valence-electron chi connectivity index (χ0n) is 11.3. The van der Waals surface area contributed by atoms with Gasteiger partial charge < -0.3 is 10.0 Å². The quantitative estimate of drug-likeness (QED) is 0.862. The van der Waals surface area contributed by atoms with Crippen LogP contribution in [0.2, 0.25) is 0 Å².